The van der Waals surface area contributed by atoms with Crippen LogP contribution < -0.4 is 5.32 Å². The van der Waals surface area contributed by atoms with Gasteiger partial charge in [0.25, 0.3) is 5.69 Å². The number of nitro groups is 1. The summed E-state index contributed by atoms with van der Waals surface area (Å²) in [5.74, 6) is -0.494. The number of aromatic nitrogens is 1. The van der Waals surface area contributed by atoms with Gasteiger partial charge in [-0.2, -0.15) is 0 Å². The Hall–Kier alpha value is -2.18. The highest BCUT2D eigenvalue weighted by atomic mass is 16.6. The first kappa shape index (κ1) is 10.9. The van der Waals surface area contributed by atoms with Gasteiger partial charge in [0.1, 0.15) is 12.0 Å². The fourth-order valence-corrected chi connectivity index (χ4v) is 0.896. The van der Waals surface area contributed by atoms with Crippen LogP contribution in [0.2, 0.25) is 0 Å². The number of pyridine rings is 1. The monoisotopic (exact) mass is 211 g/mol. The molecule has 0 radical (unpaired) electrons. The first-order valence-corrected chi connectivity index (χ1v) is 4.15. The molecule has 1 aromatic heterocycles. The van der Waals surface area contributed by atoms with Crippen molar-refractivity contribution in [3.8, 4) is 0 Å². The van der Waals surface area contributed by atoms with Crippen LogP contribution in [0.15, 0.2) is 18.3 Å². The van der Waals surface area contributed by atoms with Crippen LogP contribution in [-0.2, 0) is 4.79 Å². The van der Waals surface area contributed by atoms with Gasteiger partial charge < -0.3 is 10.4 Å². The Morgan fingerprint density at radius 1 is 1.60 bits per heavy atom. The molecule has 15 heavy (non-hydrogen) atoms. The van der Waals surface area contributed by atoms with Crippen molar-refractivity contribution in [1.82, 2.24) is 4.98 Å². The summed E-state index contributed by atoms with van der Waals surface area (Å²) in [6.07, 6.45) is 1.09. The van der Waals surface area contributed by atoms with Crippen molar-refractivity contribution in [3.63, 3.8) is 0 Å². The van der Waals surface area contributed by atoms with Crippen LogP contribution in [0.1, 0.15) is 6.42 Å². The van der Waals surface area contributed by atoms with Gasteiger partial charge in [-0.3, -0.25) is 14.9 Å². The van der Waals surface area contributed by atoms with Crippen LogP contribution in [0.5, 0.6) is 0 Å². The van der Waals surface area contributed by atoms with Crippen LogP contribution in [0.3, 0.4) is 0 Å². The average Bonchev–Trinajstić information content (AvgIpc) is 2.18. The van der Waals surface area contributed by atoms with Crippen LogP contribution in [0.4, 0.5) is 11.5 Å². The molecule has 0 atom stereocenters. The number of nitrogens with one attached hydrogen (secondary N) is 1. The van der Waals surface area contributed by atoms with E-state index >= 15 is 0 Å². The normalized spacial score (nSPS) is 9.60. The van der Waals surface area contributed by atoms with Crippen molar-refractivity contribution in [1.29, 1.82) is 0 Å². The molecule has 7 heteroatoms. The predicted molar refractivity (Wildman–Crippen MR) is 51.6 cm³/mol. The molecule has 0 aliphatic heterocycles. The molecule has 0 unspecified atom stereocenters. The highest BCUT2D eigenvalue weighted by Crippen LogP contribution is 2.11. The van der Waals surface area contributed by atoms with Gasteiger partial charge in [-0.1, -0.05) is 0 Å². The quantitative estimate of drug-likeness (QED) is 0.553. The van der Waals surface area contributed by atoms with E-state index in [0.29, 0.717) is 5.82 Å². The summed E-state index contributed by atoms with van der Waals surface area (Å²) in [6, 6.07) is 2.73. The van der Waals surface area contributed by atoms with E-state index in [1.807, 2.05) is 0 Å². The van der Waals surface area contributed by atoms with E-state index in [4.69, 9.17) is 5.11 Å². The summed E-state index contributed by atoms with van der Waals surface area (Å²) in [5.41, 5.74) is -0.0983. The lowest BCUT2D eigenvalue weighted by atomic mass is 10.4. The second-order valence-electron chi connectivity index (χ2n) is 2.73. The summed E-state index contributed by atoms with van der Waals surface area (Å²) < 4.78 is 0. The van der Waals surface area contributed by atoms with Crippen molar-refractivity contribution < 1.29 is 14.8 Å². The van der Waals surface area contributed by atoms with Gasteiger partial charge in [0.15, 0.2) is 0 Å². The molecular formula is C8H9N3O4. The molecule has 1 heterocycles. The van der Waals surface area contributed by atoms with Gasteiger partial charge in [0.2, 0.25) is 0 Å². The van der Waals surface area contributed by atoms with Crippen molar-refractivity contribution in [3.05, 3.63) is 28.4 Å². The molecule has 0 aromatic carbocycles. The van der Waals surface area contributed by atoms with E-state index in [1.165, 1.54) is 12.1 Å². The summed E-state index contributed by atoms with van der Waals surface area (Å²) >= 11 is 0. The zero-order valence-corrected chi connectivity index (χ0v) is 7.71. The molecule has 80 valence electrons. The van der Waals surface area contributed by atoms with E-state index in [1.54, 1.807) is 0 Å². The van der Waals surface area contributed by atoms with Crippen LogP contribution in [0.25, 0.3) is 0 Å². The molecule has 0 amide bonds. The summed E-state index contributed by atoms with van der Waals surface area (Å²) in [5, 5.41) is 21.4. The van der Waals surface area contributed by atoms with Crippen molar-refractivity contribution >= 4 is 17.5 Å². The van der Waals surface area contributed by atoms with Gasteiger partial charge in [-0.05, 0) is 6.07 Å². The SMILES string of the molecule is O=C(O)CCNc1ccc([N+](=O)[O-])cn1. The number of carbonyl (C=O) groups is 1. The lowest BCUT2D eigenvalue weighted by Crippen LogP contribution is -2.08. The Labute approximate surface area is 84.9 Å². The highest BCUT2D eigenvalue weighted by Gasteiger charge is 2.04. The number of hydrogen-bond acceptors (Lipinski definition) is 5. The Kier molecular flexibility index (Phi) is 3.55. The first-order chi connectivity index (χ1) is 7.09. The number of rotatable bonds is 5. The maximum absolute atomic E-state index is 10.3. The average molecular weight is 211 g/mol. The Morgan fingerprint density at radius 2 is 2.33 bits per heavy atom. The zero-order chi connectivity index (χ0) is 11.3. The molecule has 0 bridgehead atoms. The molecule has 0 aliphatic rings. The second kappa shape index (κ2) is 4.89. The molecular weight excluding hydrogens is 202 g/mol. The lowest BCUT2D eigenvalue weighted by Gasteiger charge is -2.01. The fraction of sp³-hybridized carbons (Fsp3) is 0.250. The van der Waals surface area contributed by atoms with E-state index in [0.717, 1.165) is 6.20 Å². The highest BCUT2D eigenvalue weighted by molar-refractivity contribution is 5.67. The van der Waals surface area contributed by atoms with Gasteiger partial charge in [0.05, 0.1) is 11.3 Å². The largest absolute Gasteiger partial charge is 0.481 e. The molecule has 2 N–H and O–H groups in total. The molecule has 0 aliphatic carbocycles. The summed E-state index contributed by atoms with van der Waals surface area (Å²) in [6.45, 7) is 0.236. The van der Waals surface area contributed by atoms with Crippen molar-refractivity contribution in [2.75, 3.05) is 11.9 Å². The molecule has 0 saturated carbocycles. The maximum Gasteiger partial charge on any atom is 0.305 e. The maximum atomic E-state index is 10.3. The van der Waals surface area contributed by atoms with Gasteiger partial charge in [-0.15, -0.1) is 0 Å². The minimum Gasteiger partial charge on any atom is -0.481 e. The van der Waals surface area contributed by atoms with Crippen LogP contribution in [-0.4, -0.2) is 27.5 Å². The number of nitrogens with zero attached hydrogens (tertiary/aromatic N) is 2. The van der Waals surface area contributed by atoms with E-state index < -0.39 is 10.9 Å². The van der Waals surface area contributed by atoms with E-state index in [2.05, 4.69) is 10.3 Å². The molecule has 0 saturated heterocycles. The number of carboxylic acid groups (broad SMARTS) is 1. The van der Waals surface area contributed by atoms with E-state index in [-0.39, 0.29) is 18.7 Å². The topological polar surface area (TPSA) is 105 Å². The van der Waals surface area contributed by atoms with Crippen molar-refractivity contribution in [2.45, 2.75) is 6.42 Å². The van der Waals surface area contributed by atoms with Gasteiger partial charge >= 0.3 is 5.97 Å². The standard InChI is InChI=1S/C8H9N3O4/c12-8(13)3-4-9-7-2-1-6(5-10-7)11(14)15/h1-2,5H,3-4H2,(H,9,10)(H,12,13). The third-order valence-electron chi connectivity index (χ3n) is 1.60. The van der Waals surface area contributed by atoms with Gasteiger partial charge in [-0.25, -0.2) is 4.98 Å². The Balaban J connectivity index is 2.50. The molecule has 7 nitrogen and oxygen atoms in total. The third-order valence-corrected chi connectivity index (χ3v) is 1.60. The van der Waals surface area contributed by atoms with Gasteiger partial charge in [0, 0.05) is 12.6 Å². The molecule has 1 rings (SSSR count). The summed E-state index contributed by atoms with van der Waals surface area (Å²) in [7, 11) is 0. The fourth-order valence-electron chi connectivity index (χ4n) is 0.896. The van der Waals surface area contributed by atoms with Crippen LogP contribution >= 0.6 is 0 Å². The second-order valence-corrected chi connectivity index (χ2v) is 2.73. The minimum absolute atomic E-state index is 0.0291. The van der Waals surface area contributed by atoms with Crippen LogP contribution in [0, 0.1) is 10.1 Å². The Bertz CT molecular complexity index is 363. The first-order valence-electron chi connectivity index (χ1n) is 4.15. The molecule has 0 spiro atoms. The van der Waals surface area contributed by atoms with E-state index in [9.17, 15) is 14.9 Å². The predicted octanol–water partition coefficient (Wildman–Crippen LogP) is 0.876. The minimum atomic E-state index is -0.913. The number of carboxylic acids is 1. The number of hydrogen-bond donors (Lipinski definition) is 2. The third kappa shape index (κ3) is 3.59. The number of aliphatic carboxylic acids is 1. The number of anilines is 1. The molecule has 0 fully saturated rings. The molecule has 1 aromatic rings. The Morgan fingerprint density at radius 3 is 2.80 bits per heavy atom. The summed E-state index contributed by atoms with van der Waals surface area (Å²) in [4.78, 5) is 23.7. The smallest absolute Gasteiger partial charge is 0.305 e. The van der Waals surface area contributed by atoms with Crippen molar-refractivity contribution in [2.24, 2.45) is 0 Å². The zero-order valence-electron chi connectivity index (χ0n) is 7.71. The lowest BCUT2D eigenvalue weighted by molar-refractivity contribution is -0.385.